The zero-order valence-electron chi connectivity index (χ0n) is 13.2. The molecule has 0 unspecified atom stereocenters. The topological polar surface area (TPSA) is 63.8 Å². The minimum atomic E-state index is 0.0298. The summed E-state index contributed by atoms with van der Waals surface area (Å²) in [6, 6.07) is 18.1. The van der Waals surface area contributed by atoms with E-state index < -0.39 is 0 Å². The standard InChI is InChI=1S/C19H19BrN4/c20-17-6-7-18(24-19(17)15-8-10-22-11-9-15)23-13-16(21)12-14-4-2-1-3-5-14/h1-11,16H,12-13,21H2,(H,23,24)/t16-/m1/s1. The van der Waals surface area contributed by atoms with Gasteiger partial charge in [-0.1, -0.05) is 30.3 Å². The lowest BCUT2D eigenvalue weighted by Gasteiger charge is -2.14. The number of anilines is 1. The highest BCUT2D eigenvalue weighted by Crippen LogP contribution is 2.27. The Bertz CT molecular complexity index is 778. The van der Waals surface area contributed by atoms with Crippen LogP contribution in [0.2, 0.25) is 0 Å². The number of halogens is 1. The molecule has 0 saturated heterocycles. The highest BCUT2D eigenvalue weighted by Gasteiger charge is 2.08. The predicted octanol–water partition coefficient (Wildman–Crippen LogP) is 3.89. The highest BCUT2D eigenvalue weighted by atomic mass is 79.9. The molecule has 0 radical (unpaired) electrons. The van der Waals surface area contributed by atoms with Gasteiger partial charge in [0.2, 0.25) is 0 Å². The molecule has 122 valence electrons. The molecule has 0 saturated carbocycles. The van der Waals surface area contributed by atoms with Crippen molar-refractivity contribution in [1.82, 2.24) is 9.97 Å². The Kier molecular flexibility index (Phi) is 5.56. The van der Waals surface area contributed by atoms with E-state index in [1.54, 1.807) is 12.4 Å². The monoisotopic (exact) mass is 382 g/mol. The quantitative estimate of drug-likeness (QED) is 0.678. The van der Waals surface area contributed by atoms with Crippen LogP contribution in [0.5, 0.6) is 0 Å². The molecule has 3 N–H and O–H groups in total. The summed E-state index contributed by atoms with van der Waals surface area (Å²) in [6.07, 6.45) is 4.36. The molecule has 2 heterocycles. The number of rotatable bonds is 6. The number of nitrogens with one attached hydrogen (secondary N) is 1. The fraction of sp³-hybridized carbons (Fsp3) is 0.158. The Labute approximate surface area is 150 Å². The normalized spacial score (nSPS) is 11.9. The van der Waals surface area contributed by atoms with Crippen LogP contribution in [0.1, 0.15) is 5.56 Å². The maximum absolute atomic E-state index is 6.22. The van der Waals surface area contributed by atoms with Gasteiger partial charge in [0.05, 0.1) is 5.69 Å². The number of pyridine rings is 2. The highest BCUT2D eigenvalue weighted by molar-refractivity contribution is 9.10. The lowest BCUT2D eigenvalue weighted by Crippen LogP contribution is -2.31. The number of nitrogens with zero attached hydrogens (tertiary/aromatic N) is 2. The number of hydrogen-bond acceptors (Lipinski definition) is 4. The van der Waals surface area contributed by atoms with Crippen LogP contribution in [0.15, 0.2) is 71.5 Å². The molecule has 0 amide bonds. The van der Waals surface area contributed by atoms with Gasteiger partial charge in [-0.15, -0.1) is 0 Å². The largest absolute Gasteiger partial charge is 0.368 e. The molecule has 3 aromatic rings. The van der Waals surface area contributed by atoms with E-state index in [1.165, 1.54) is 5.56 Å². The molecule has 0 fully saturated rings. The molecular formula is C19H19BrN4. The van der Waals surface area contributed by atoms with Crippen LogP contribution in [0.25, 0.3) is 11.3 Å². The summed E-state index contributed by atoms with van der Waals surface area (Å²) in [7, 11) is 0. The van der Waals surface area contributed by atoms with E-state index in [-0.39, 0.29) is 6.04 Å². The van der Waals surface area contributed by atoms with E-state index in [0.717, 1.165) is 28.0 Å². The number of hydrogen-bond donors (Lipinski definition) is 2. The van der Waals surface area contributed by atoms with E-state index in [4.69, 9.17) is 5.73 Å². The molecular weight excluding hydrogens is 364 g/mol. The molecule has 0 aliphatic rings. The molecule has 5 heteroatoms. The first-order valence-electron chi connectivity index (χ1n) is 7.82. The minimum Gasteiger partial charge on any atom is -0.368 e. The van der Waals surface area contributed by atoms with Gasteiger partial charge >= 0.3 is 0 Å². The Balaban J connectivity index is 1.65. The second-order valence-electron chi connectivity index (χ2n) is 5.59. The zero-order chi connectivity index (χ0) is 16.8. The van der Waals surface area contributed by atoms with Crippen LogP contribution < -0.4 is 11.1 Å². The summed E-state index contributed by atoms with van der Waals surface area (Å²) in [5.74, 6) is 0.813. The summed E-state index contributed by atoms with van der Waals surface area (Å²) in [5, 5.41) is 3.33. The summed E-state index contributed by atoms with van der Waals surface area (Å²) in [5.41, 5.74) is 9.38. The summed E-state index contributed by atoms with van der Waals surface area (Å²) in [4.78, 5) is 8.73. The second-order valence-corrected chi connectivity index (χ2v) is 6.45. The van der Waals surface area contributed by atoms with Crippen molar-refractivity contribution in [3.63, 3.8) is 0 Å². The van der Waals surface area contributed by atoms with E-state index in [0.29, 0.717) is 6.54 Å². The summed E-state index contributed by atoms with van der Waals surface area (Å²) in [6.45, 7) is 0.666. The van der Waals surface area contributed by atoms with Crippen molar-refractivity contribution < 1.29 is 0 Å². The van der Waals surface area contributed by atoms with Crippen LogP contribution in [0, 0.1) is 0 Å². The van der Waals surface area contributed by atoms with Gasteiger partial charge in [0.1, 0.15) is 5.82 Å². The van der Waals surface area contributed by atoms with Gasteiger partial charge in [-0.2, -0.15) is 0 Å². The molecule has 3 rings (SSSR count). The van der Waals surface area contributed by atoms with Gasteiger partial charge in [-0.25, -0.2) is 4.98 Å². The maximum Gasteiger partial charge on any atom is 0.126 e. The van der Waals surface area contributed by atoms with Crippen molar-refractivity contribution in [2.45, 2.75) is 12.5 Å². The molecule has 2 aromatic heterocycles. The molecule has 24 heavy (non-hydrogen) atoms. The summed E-state index contributed by atoms with van der Waals surface area (Å²) >= 11 is 3.56. The first-order valence-corrected chi connectivity index (χ1v) is 8.62. The Hall–Kier alpha value is -2.24. The fourth-order valence-corrected chi connectivity index (χ4v) is 2.93. The van der Waals surface area contributed by atoms with Gasteiger partial charge in [0, 0.05) is 35.0 Å². The van der Waals surface area contributed by atoms with Gasteiger partial charge < -0.3 is 11.1 Å². The molecule has 0 aliphatic carbocycles. The van der Waals surface area contributed by atoms with Gasteiger partial charge in [-0.3, -0.25) is 4.98 Å². The van der Waals surface area contributed by atoms with Crippen molar-refractivity contribution in [2.24, 2.45) is 5.73 Å². The first-order chi connectivity index (χ1) is 11.7. The number of nitrogens with two attached hydrogens (primary N) is 1. The zero-order valence-corrected chi connectivity index (χ0v) is 14.8. The Morgan fingerprint density at radius 1 is 1.00 bits per heavy atom. The van der Waals surface area contributed by atoms with E-state index in [2.05, 4.69) is 43.3 Å². The molecule has 0 spiro atoms. The average molecular weight is 383 g/mol. The summed E-state index contributed by atoms with van der Waals surface area (Å²) < 4.78 is 0.952. The van der Waals surface area contributed by atoms with Gasteiger partial charge in [0.15, 0.2) is 0 Å². The van der Waals surface area contributed by atoms with Crippen LogP contribution in [0.4, 0.5) is 5.82 Å². The van der Waals surface area contributed by atoms with Crippen molar-refractivity contribution in [2.75, 3.05) is 11.9 Å². The smallest absolute Gasteiger partial charge is 0.126 e. The molecule has 1 atom stereocenters. The molecule has 0 aliphatic heterocycles. The Morgan fingerprint density at radius 2 is 1.75 bits per heavy atom. The number of aromatic nitrogens is 2. The third-order valence-electron chi connectivity index (χ3n) is 3.69. The third kappa shape index (κ3) is 4.40. The van der Waals surface area contributed by atoms with Gasteiger partial charge in [0.25, 0.3) is 0 Å². The van der Waals surface area contributed by atoms with Crippen molar-refractivity contribution >= 4 is 21.7 Å². The molecule has 0 bridgehead atoms. The average Bonchev–Trinajstić information content (AvgIpc) is 2.62. The van der Waals surface area contributed by atoms with E-state index in [9.17, 15) is 0 Å². The predicted molar refractivity (Wildman–Crippen MR) is 102 cm³/mol. The lowest BCUT2D eigenvalue weighted by molar-refractivity contribution is 0.698. The third-order valence-corrected chi connectivity index (χ3v) is 4.33. The number of benzene rings is 1. The fourth-order valence-electron chi connectivity index (χ4n) is 2.48. The van der Waals surface area contributed by atoms with Crippen LogP contribution in [0.3, 0.4) is 0 Å². The SMILES string of the molecule is N[C@@H](CNc1ccc(Br)c(-c2ccncc2)n1)Cc1ccccc1. The van der Waals surface area contributed by atoms with E-state index in [1.807, 2.05) is 42.5 Å². The van der Waals surface area contributed by atoms with Crippen LogP contribution in [-0.2, 0) is 6.42 Å². The maximum atomic E-state index is 6.22. The van der Waals surface area contributed by atoms with Crippen molar-refractivity contribution in [1.29, 1.82) is 0 Å². The van der Waals surface area contributed by atoms with Crippen molar-refractivity contribution in [3.05, 3.63) is 77.0 Å². The Morgan fingerprint density at radius 3 is 2.50 bits per heavy atom. The van der Waals surface area contributed by atoms with Gasteiger partial charge in [-0.05, 0) is 52.2 Å². The molecule has 4 nitrogen and oxygen atoms in total. The molecule has 1 aromatic carbocycles. The minimum absolute atomic E-state index is 0.0298. The first kappa shape index (κ1) is 16.6. The van der Waals surface area contributed by atoms with Crippen molar-refractivity contribution in [3.8, 4) is 11.3 Å². The lowest BCUT2D eigenvalue weighted by atomic mass is 10.1. The van der Waals surface area contributed by atoms with Crippen LogP contribution >= 0.6 is 15.9 Å². The second kappa shape index (κ2) is 8.04. The van der Waals surface area contributed by atoms with Crippen LogP contribution in [-0.4, -0.2) is 22.6 Å². The van der Waals surface area contributed by atoms with E-state index >= 15 is 0 Å².